The molecule has 1 aromatic carbocycles. The number of nitrogens with zero attached hydrogens (tertiary/aromatic N) is 2. The van der Waals surface area contributed by atoms with Crippen LogP contribution in [0.1, 0.15) is 16.1 Å². The topological polar surface area (TPSA) is 54.9 Å². The van der Waals surface area contributed by atoms with E-state index in [1.54, 1.807) is 12.1 Å². The zero-order valence-electron chi connectivity index (χ0n) is 9.23. The summed E-state index contributed by atoms with van der Waals surface area (Å²) in [5, 5.41) is 10.0. The van der Waals surface area contributed by atoms with Gasteiger partial charge in [0.2, 0.25) is 0 Å². The summed E-state index contributed by atoms with van der Waals surface area (Å²) in [4.78, 5) is 11.7. The molecule has 1 aromatic heterocycles. The van der Waals surface area contributed by atoms with E-state index >= 15 is 0 Å². The molecule has 0 saturated carbocycles. The predicted molar refractivity (Wildman–Crippen MR) is 64.6 cm³/mol. The SMILES string of the molecule is O=C(NCc1cccc(F)c1)c1ccc(Cl)nn1. The van der Waals surface area contributed by atoms with E-state index in [1.807, 2.05) is 0 Å². The van der Waals surface area contributed by atoms with E-state index in [9.17, 15) is 9.18 Å². The number of halogens is 2. The van der Waals surface area contributed by atoms with Gasteiger partial charge in [-0.15, -0.1) is 10.2 Å². The van der Waals surface area contributed by atoms with E-state index in [2.05, 4.69) is 15.5 Å². The maximum atomic E-state index is 12.9. The molecule has 1 amide bonds. The minimum Gasteiger partial charge on any atom is -0.347 e. The Hall–Kier alpha value is -2.01. The van der Waals surface area contributed by atoms with Crippen LogP contribution in [0, 0.1) is 5.82 Å². The van der Waals surface area contributed by atoms with Gasteiger partial charge >= 0.3 is 0 Å². The second-order valence-corrected chi connectivity index (χ2v) is 3.94. The van der Waals surface area contributed by atoms with Gasteiger partial charge < -0.3 is 5.32 Å². The van der Waals surface area contributed by atoms with Gasteiger partial charge in [0.15, 0.2) is 10.8 Å². The van der Waals surface area contributed by atoms with Gasteiger partial charge in [-0.2, -0.15) is 0 Å². The normalized spacial score (nSPS) is 10.1. The van der Waals surface area contributed by atoms with Gasteiger partial charge in [-0.1, -0.05) is 23.7 Å². The van der Waals surface area contributed by atoms with Crippen LogP contribution in [0.25, 0.3) is 0 Å². The lowest BCUT2D eigenvalue weighted by Crippen LogP contribution is -2.24. The molecule has 6 heteroatoms. The van der Waals surface area contributed by atoms with Crippen molar-refractivity contribution < 1.29 is 9.18 Å². The Labute approximate surface area is 108 Å². The number of hydrogen-bond donors (Lipinski definition) is 1. The third-order valence-electron chi connectivity index (χ3n) is 2.21. The molecule has 18 heavy (non-hydrogen) atoms. The Kier molecular flexibility index (Phi) is 3.84. The van der Waals surface area contributed by atoms with Gasteiger partial charge in [0.1, 0.15) is 5.82 Å². The Morgan fingerprint density at radius 2 is 2.11 bits per heavy atom. The van der Waals surface area contributed by atoms with Crippen molar-refractivity contribution in [3.8, 4) is 0 Å². The van der Waals surface area contributed by atoms with Crippen molar-refractivity contribution in [2.75, 3.05) is 0 Å². The maximum absolute atomic E-state index is 12.9. The fourth-order valence-corrected chi connectivity index (χ4v) is 1.46. The summed E-state index contributed by atoms with van der Waals surface area (Å²) >= 11 is 5.56. The largest absolute Gasteiger partial charge is 0.347 e. The summed E-state index contributed by atoms with van der Waals surface area (Å²) in [7, 11) is 0. The number of carbonyl (C=O) groups excluding carboxylic acids is 1. The van der Waals surface area contributed by atoms with Gasteiger partial charge in [-0.05, 0) is 29.8 Å². The van der Waals surface area contributed by atoms with Crippen LogP contribution in [0.3, 0.4) is 0 Å². The average molecular weight is 266 g/mol. The first kappa shape index (κ1) is 12.4. The Balaban J connectivity index is 1.98. The Morgan fingerprint density at radius 3 is 2.78 bits per heavy atom. The molecular weight excluding hydrogens is 257 g/mol. The van der Waals surface area contributed by atoms with Gasteiger partial charge in [0, 0.05) is 6.54 Å². The molecule has 92 valence electrons. The second-order valence-electron chi connectivity index (χ2n) is 3.55. The number of carbonyl (C=O) groups is 1. The van der Waals surface area contributed by atoms with Crippen molar-refractivity contribution in [1.29, 1.82) is 0 Å². The van der Waals surface area contributed by atoms with E-state index in [-0.39, 0.29) is 29.1 Å². The van der Waals surface area contributed by atoms with Crippen molar-refractivity contribution in [3.05, 3.63) is 58.6 Å². The summed E-state index contributed by atoms with van der Waals surface area (Å²) in [5.41, 5.74) is 0.834. The molecule has 0 aliphatic carbocycles. The third kappa shape index (κ3) is 3.24. The van der Waals surface area contributed by atoms with E-state index < -0.39 is 0 Å². The van der Waals surface area contributed by atoms with Gasteiger partial charge in [-0.25, -0.2) is 4.39 Å². The third-order valence-corrected chi connectivity index (χ3v) is 2.41. The van der Waals surface area contributed by atoms with Gasteiger partial charge in [0.25, 0.3) is 5.91 Å². The highest BCUT2D eigenvalue weighted by Crippen LogP contribution is 2.04. The number of rotatable bonds is 3. The van der Waals surface area contributed by atoms with Crippen molar-refractivity contribution in [2.45, 2.75) is 6.54 Å². The smallest absolute Gasteiger partial charge is 0.272 e. The summed E-state index contributed by atoms with van der Waals surface area (Å²) < 4.78 is 12.9. The first-order valence-corrected chi connectivity index (χ1v) is 5.55. The number of benzene rings is 1. The molecule has 0 aliphatic heterocycles. The van der Waals surface area contributed by atoms with Crippen LogP contribution in [0.4, 0.5) is 4.39 Å². The fraction of sp³-hybridized carbons (Fsp3) is 0.0833. The molecular formula is C12H9ClFN3O. The van der Waals surface area contributed by atoms with Crippen molar-refractivity contribution >= 4 is 17.5 Å². The average Bonchev–Trinajstić information content (AvgIpc) is 2.37. The molecule has 0 atom stereocenters. The minimum absolute atomic E-state index is 0.163. The zero-order chi connectivity index (χ0) is 13.0. The van der Waals surface area contributed by atoms with Crippen molar-refractivity contribution in [3.63, 3.8) is 0 Å². The van der Waals surface area contributed by atoms with Gasteiger partial charge in [-0.3, -0.25) is 4.79 Å². The van der Waals surface area contributed by atoms with Crippen LogP contribution in [0.5, 0.6) is 0 Å². The number of amides is 1. The molecule has 1 N–H and O–H groups in total. The first-order chi connectivity index (χ1) is 8.65. The van der Waals surface area contributed by atoms with Crippen LogP contribution in [-0.4, -0.2) is 16.1 Å². The minimum atomic E-state index is -0.386. The van der Waals surface area contributed by atoms with Crippen molar-refractivity contribution in [1.82, 2.24) is 15.5 Å². The lowest BCUT2D eigenvalue weighted by Gasteiger charge is -2.04. The zero-order valence-corrected chi connectivity index (χ0v) is 9.99. The standard InChI is InChI=1S/C12H9ClFN3O/c13-11-5-4-10(16-17-11)12(18)15-7-8-2-1-3-9(14)6-8/h1-6H,7H2,(H,15,18). The lowest BCUT2D eigenvalue weighted by molar-refractivity contribution is 0.0945. The van der Waals surface area contributed by atoms with Crippen molar-refractivity contribution in [2.24, 2.45) is 0 Å². The predicted octanol–water partition coefficient (Wildman–Crippen LogP) is 2.20. The Bertz CT molecular complexity index is 560. The van der Waals surface area contributed by atoms with E-state index in [0.29, 0.717) is 5.56 Å². The highest BCUT2D eigenvalue weighted by Gasteiger charge is 2.07. The van der Waals surface area contributed by atoms with Crippen LogP contribution >= 0.6 is 11.6 Å². The van der Waals surface area contributed by atoms with Crippen LogP contribution < -0.4 is 5.32 Å². The highest BCUT2D eigenvalue weighted by molar-refractivity contribution is 6.29. The molecule has 4 nitrogen and oxygen atoms in total. The number of aromatic nitrogens is 2. The molecule has 0 unspecified atom stereocenters. The monoisotopic (exact) mass is 265 g/mol. The highest BCUT2D eigenvalue weighted by atomic mass is 35.5. The van der Waals surface area contributed by atoms with E-state index in [1.165, 1.54) is 24.3 Å². The number of nitrogens with one attached hydrogen (secondary N) is 1. The summed E-state index contributed by atoms with van der Waals surface area (Å²) in [5.74, 6) is -0.725. The van der Waals surface area contributed by atoms with Gasteiger partial charge in [0.05, 0.1) is 0 Å². The molecule has 0 bridgehead atoms. The second kappa shape index (κ2) is 5.55. The molecule has 0 aliphatic rings. The van der Waals surface area contributed by atoms with E-state index in [4.69, 9.17) is 11.6 Å². The first-order valence-electron chi connectivity index (χ1n) is 5.17. The number of hydrogen-bond acceptors (Lipinski definition) is 3. The molecule has 0 saturated heterocycles. The quantitative estimate of drug-likeness (QED) is 0.926. The maximum Gasteiger partial charge on any atom is 0.272 e. The van der Waals surface area contributed by atoms with Crippen LogP contribution in [0.2, 0.25) is 5.15 Å². The van der Waals surface area contributed by atoms with E-state index in [0.717, 1.165) is 0 Å². The molecule has 1 heterocycles. The molecule has 2 aromatic rings. The molecule has 2 rings (SSSR count). The van der Waals surface area contributed by atoms with Crippen LogP contribution in [-0.2, 0) is 6.54 Å². The molecule has 0 spiro atoms. The Morgan fingerprint density at radius 1 is 1.28 bits per heavy atom. The summed E-state index contributed by atoms with van der Waals surface area (Å²) in [6.07, 6.45) is 0. The molecule has 0 fully saturated rings. The molecule has 0 radical (unpaired) electrons. The lowest BCUT2D eigenvalue weighted by atomic mass is 10.2. The van der Waals surface area contributed by atoms with Crippen LogP contribution in [0.15, 0.2) is 36.4 Å². The fourth-order valence-electron chi connectivity index (χ4n) is 1.36. The summed E-state index contributed by atoms with van der Waals surface area (Å²) in [6.45, 7) is 0.223. The summed E-state index contributed by atoms with van der Waals surface area (Å²) in [6, 6.07) is 8.95.